The van der Waals surface area contributed by atoms with E-state index in [1.54, 1.807) is 6.92 Å². The lowest BCUT2D eigenvalue weighted by Crippen LogP contribution is -2.21. The topological polar surface area (TPSA) is 57.8 Å². The highest BCUT2D eigenvalue weighted by Gasteiger charge is 2.12. The summed E-state index contributed by atoms with van der Waals surface area (Å²) in [6, 6.07) is 1.82. The Hall–Kier alpha value is -1.03. The number of halogens is 1. The Bertz CT molecular complexity index is 311. The number of anilines is 1. The second kappa shape index (κ2) is 5.00. The van der Waals surface area contributed by atoms with Crippen molar-refractivity contribution in [1.29, 1.82) is 0 Å². The Kier molecular flexibility index (Phi) is 3.95. The van der Waals surface area contributed by atoms with E-state index in [-0.39, 0.29) is 11.8 Å². The zero-order valence-corrected chi connectivity index (χ0v) is 9.06. The summed E-state index contributed by atoms with van der Waals surface area (Å²) in [4.78, 5) is 11.4. The summed E-state index contributed by atoms with van der Waals surface area (Å²) in [5, 5.41) is 9.45. The molecule has 1 aromatic heterocycles. The van der Waals surface area contributed by atoms with Crippen LogP contribution in [0.25, 0.3) is 0 Å². The van der Waals surface area contributed by atoms with E-state index in [0.29, 0.717) is 11.7 Å². The van der Waals surface area contributed by atoms with Gasteiger partial charge in [-0.2, -0.15) is 5.10 Å². The maximum Gasteiger partial charge on any atom is 0.229 e. The number of aromatic amines is 1. The molecule has 14 heavy (non-hydrogen) atoms. The van der Waals surface area contributed by atoms with Gasteiger partial charge in [0.1, 0.15) is 0 Å². The van der Waals surface area contributed by atoms with Gasteiger partial charge in [0, 0.05) is 23.6 Å². The number of carbonyl (C=O) groups excluding carboxylic acids is 1. The van der Waals surface area contributed by atoms with Crippen LogP contribution in [-0.2, 0) is 11.2 Å². The molecule has 0 radical (unpaired) electrons. The molecule has 1 atom stereocenters. The molecule has 2 N–H and O–H groups in total. The number of rotatable bonds is 4. The first-order chi connectivity index (χ1) is 6.67. The van der Waals surface area contributed by atoms with Gasteiger partial charge in [-0.1, -0.05) is 13.8 Å². The van der Waals surface area contributed by atoms with Gasteiger partial charge in [-0.25, -0.2) is 0 Å². The number of aryl methyl sites for hydroxylation is 1. The molecule has 0 aliphatic carbocycles. The summed E-state index contributed by atoms with van der Waals surface area (Å²) in [6.45, 7) is 3.79. The number of H-pyrrole nitrogens is 1. The SMILES string of the molecule is CCc1cc(NC(=O)C(C)CCl)n[nH]1. The quantitative estimate of drug-likeness (QED) is 0.753. The van der Waals surface area contributed by atoms with Crippen LogP contribution < -0.4 is 5.32 Å². The molecule has 78 valence electrons. The van der Waals surface area contributed by atoms with Crippen LogP contribution in [0, 0.1) is 5.92 Å². The van der Waals surface area contributed by atoms with Crippen LogP contribution in [0.1, 0.15) is 19.5 Å². The first-order valence-electron chi connectivity index (χ1n) is 4.58. The monoisotopic (exact) mass is 215 g/mol. The summed E-state index contributed by atoms with van der Waals surface area (Å²) in [7, 11) is 0. The molecule has 4 nitrogen and oxygen atoms in total. The fraction of sp³-hybridized carbons (Fsp3) is 0.556. The number of aromatic nitrogens is 2. The van der Waals surface area contributed by atoms with E-state index in [4.69, 9.17) is 11.6 Å². The van der Waals surface area contributed by atoms with Crippen molar-refractivity contribution in [2.24, 2.45) is 5.92 Å². The molecule has 0 aromatic carbocycles. The summed E-state index contributed by atoms with van der Waals surface area (Å²) in [5.41, 5.74) is 0.999. The summed E-state index contributed by atoms with van der Waals surface area (Å²) in [5.74, 6) is 0.577. The van der Waals surface area contributed by atoms with E-state index >= 15 is 0 Å². The predicted molar refractivity (Wildman–Crippen MR) is 56.5 cm³/mol. The van der Waals surface area contributed by atoms with Crippen LogP contribution >= 0.6 is 11.6 Å². The molecule has 1 heterocycles. The summed E-state index contributed by atoms with van der Waals surface area (Å²) in [6.07, 6.45) is 0.869. The van der Waals surface area contributed by atoms with E-state index in [1.165, 1.54) is 0 Å². The number of amides is 1. The zero-order valence-electron chi connectivity index (χ0n) is 8.30. The van der Waals surface area contributed by atoms with Gasteiger partial charge >= 0.3 is 0 Å². The van der Waals surface area contributed by atoms with Gasteiger partial charge in [-0.05, 0) is 6.42 Å². The maximum absolute atomic E-state index is 11.4. The minimum atomic E-state index is -0.196. The number of hydrogen-bond acceptors (Lipinski definition) is 2. The van der Waals surface area contributed by atoms with Crippen molar-refractivity contribution in [3.63, 3.8) is 0 Å². The molecule has 0 fully saturated rings. The van der Waals surface area contributed by atoms with Gasteiger partial charge in [0.05, 0.1) is 0 Å². The van der Waals surface area contributed by atoms with E-state index in [1.807, 2.05) is 13.0 Å². The molecule has 5 heteroatoms. The molecule has 1 unspecified atom stereocenters. The summed E-state index contributed by atoms with van der Waals surface area (Å²) < 4.78 is 0. The van der Waals surface area contributed by atoms with Crippen LogP contribution in [0.15, 0.2) is 6.07 Å². The molecule has 0 bridgehead atoms. The normalized spacial score (nSPS) is 12.5. The van der Waals surface area contributed by atoms with Crippen molar-refractivity contribution in [3.05, 3.63) is 11.8 Å². The third-order valence-corrected chi connectivity index (χ3v) is 2.41. The molecule has 0 spiro atoms. The van der Waals surface area contributed by atoms with Crippen molar-refractivity contribution >= 4 is 23.3 Å². The van der Waals surface area contributed by atoms with Crippen molar-refractivity contribution in [1.82, 2.24) is 10.2 Å². The Morgan fingerprint density at radius 3 is 3.00 bits per heavy atom. The fourth-order valence-corrected chi connectivity index (χ4v) is 1.07. The highest BCUT2D eigenvalue weighted by molar-refractivity contribution is 6.19. The molecule has 1 aromatic rings. The average molecular weight is 216 g/mol. The Morgan fingerprint density at radius 1 is 1.79 bits per heavy atom. The minimum absolute atomic E-state index is 0.103. The van der Waals surface area contributed by atoms with Crippen molar-refractivity contribution in [3.8, 4) is 0 Å². The maximum atomic E-state index is 11.4. The fourth-order valence-electron chi connectivity index (χ4n) is 0.926. The van der Waals surface area contributed by atoms with Gasteiger partial charge in [-0.15, -0.1) is 11.6 Å². The van der Waals surface area contributed by atoms with Gasteiger partial charge in [0.2, 0.25) is 5.91 Å². The second-order valence-electron chi connectivity index (χ2n) is 3.18. The highest BCUT2D eigenvalue weighted by Crippen LogP contribution is 2.08. The third kappa shape index (κ3) is 2.73. The van der Waals surface area contributed by atoms with Gasteiger partial charge in [-0.3, -0.25) is 9.89 Å². The van der Waals surface area contributed by atoms with Crippen LogP contribution in [-0.4, -0.2) is 22.0 Å². The Morgan fingerprint density at radius 2 is 2.50 bits per heavy atom. The average Bonchev–Trinajstić information content (AvgIpc) is 2.64. The lowest BCUT2D eigenvalue weighted by atomic mass is 10.2. The molecule has 0 saturated heterocycles. The number of nitrogens with one attached hydrogen (secondary N) is 2. The molecule has 0 aliphatic heterocycles. The lowest BCUT2D eigenvalue weighted by molar-refractivity contribution is -0.118. The zero-order chi connectivity index (χ0) is 10.6. The predicted octanol–water partition coefficient (Wildman–Crippen LogP) is 1.79. The minimum Gasteiger partial charge on any atom is -0.309 e. The van der Waals surface area contributed by atoms with E-state index in [2.05, 4.69) is 15.5 Å². The van der Waals surface area contributed by atoms with Crippen molar-refractivity contribution in [2.75, 3.05) is 11.2 Å². The number of carbonyl (C=O) groups is 1. The van der Waals surface area contributed by atoms with Gasteiger partial charge in [0.25, 0.3) is 0 Å². The first-order valence-corrected chi connectivity index (χ1v) is 5.12. The van der Waals surface area contributed by atoms with Crippen LogP contribution in [0.4, 0.5) is 5.82 Å². The first kappa shape index (κ1) is 11.0. The molecule has 1 amide bonds. The number of alkyl halides is 1. The van der Waals surface area contributed by atoms with Gasteiger partial charge in [0.15, 0.2) is 5.82 Å². The Labute approximate surface area is 88.0 Å². The summed E-state index contributed by atoms with van der Waals surface area (Å²) >= 11 is 5.56. The molecule has 1 rings (SSSR count). The van der Waals surface area contributed by atoms with Gasteiger partial charge < -0.3 is 5.32 Å². The van der Waals surface area contributed by atoms with E-state index in [0.717, 1.165) is 12.1 Å². The smallest absolute Gasteiger partial charge is 0.229 e. The largest absolute Gasteiger partial charge is 0.309 e. The van der Waals surface area contributed by atoms with Crippen LogP contribution in [0.2, 0.25) is 0 Å². The second-order valence-corrected chi connectivity index (χ2v) is 3.49. The highest BCUT2D eigenvalue weighted by atomic mass is 35.5. The van der Waals surface area contributed by atoms with Crippen LogP contribution in [0.5, 0.6) is 0 Å². The molecule has 0 saturated carbocycles. The molecular formula is C9H14ClN3O. The Balaban J connectivity index is 2.56. The van der Waals surface area contributed by atoms with Crippen molar-refractivity contribution in [2.45, 2.75) is 20.3 Å². The van der Waals surface area contributed by atoms with E-state index in [9.17, 15) is 4.79 Å². The lowest BCUT2D eigenvalue weighted by Gasteiger charge is -2.05. The molecular weight excluding hydrogens is 202 g/mol. The molecule has 0 aliphatic rings. The standard InChI is InChI=1S/C9H14ClN3O/c1-3-7-4-8(13-12-7)11-9(14)6(2)5-10/h4,6H,3,5H2,1-2H3,(H2,11,12,13,14). The van der Waals surface area contributed by atoms with Crippen molar-refractivity contribution < 1.29 is 4.79 Å². The van der Waals surface area contributed by atoms with E-state index < -0.39 is 0 Å². The number of hydrogen-bond donors (Lipinski definition) is 2. The number of nitrogens with zero attached hydrogens (tertiary/aromatic N) is 1. The van der Waals surface area contributed by atoms with Crippen LogP contribution in [0.3, 0.4) is 0 Å². The third-order valence-electron chi connectivity index (χ3n) is 1.94.